The predicted octanol–water partition coefficient (Wildman–Crippen LogP) is 12.2. The van der Waals surface area contributed by atoms with Gasteiger partial charge in [-0.1, -0.05) is 154 Å². The van der Waals surface area contributed by atoms with Crippen LogP contribution in [0.15, 0.2) is 0 Å². The molecule has 0 radical (unpaired) electrons. The van der Waals surface area contributed by atoms with Crippen molar-refractivity contribution in [2.24, 2.45) is 32.5 Å². The Morgan fingerprint density at radius 2 is 0.583 bits per heavy atom. The number of carbonyl (C=O) groups excluding carboxylic acids is 8. The van der Waals surface area contributed by atoms with Gasteiger partial charge < -0.3 is 29.6 Å². The largest absolute Gasteiger partial charge is 0.379 e. The lowest BCUT2D eigenvalue weighted by Crippen LogP contribution is -2.32. The molecule has 0 rings (SSSR count). The predicted molar refractivity (Wildman–Crippen MR) is 298 cm³/mol. The summed E-state index contributed by atoms with van der Waals surface area (Å²) < 4.78 is 21.7. The Kier molecular flexibility index (Phi) is 48.4. The maximum Gasteiger partial charge on any atom is 0.227 e. The van der Waals surface area contributed by atoms with Crippen LogP contribution in [0, 0.1) is 32.5 Å². The second-order valence-electron chi connectivity index (χ2n) is 23.9. The minimum absolute atomic E-state index is 0. The van der Waals surface area contributed by atoms with Crippen LogP contribution >= 0.6 is 0 Å². The van der Waals surface area contributed by atoms with Crippen LogP contribution in [0.4, 0.5) is 0 Å². The molecule has 0 aliphatic carbocycles. The molecule has 0 aromatic rings. The van der Waals surface area contributed by atoms with Crippen molar-refractivity contribution in [2.45, 2.75) is 231 Å². The second kappa shape index (κ2) is 42.1. The minimum Gasteiger partial charge on any atom is -0.379 e. The van der Waals surface area contributed by atoms with Crippen molar-refractivity contribution < 1.29 is 57.3 Å². The van der Waals surface area contributed by atoms with Gasteiger partial charge in [0.1, 0.15) is 34.7 Å². The molecular formula is C58H116N2O12. The summed E-state index contributed by atoms with van der Waals surface area (Å²) in [4.78, 5) is 93.4. The molecule has 0 heterocycles. The molecular weight excluding hydrogens is 917 g/mol. The monoisotopic (exact) mass is 1030 g/mol. The van der Waals surface area contributed by atoms with Gasteiger partial charge in [-0.2, -0.15) is 0 Å². The van der Waals surface area contributed by atoms with Gasteiger partial charge >= 0.3 is 0 Å². The second-order valence-corrected chi connectivity index (χ2v) is 23.9. The van der Waals surface area contributed by atoms with E-state index < -0.39 is 10.8 Å². The van der Waals surface area contributed by atoms with Gasteiger partial charge in [0.2, 0.25) is 11.8 Å². The van der Waals surface area contributed by atoms with Crippen molar-refractivity contribution in [3.8, 4) is 0 Å². The van der Waals surface area contributed by atoms with Crippen LogP contribution in [0.25, 0.3) is 0 Å². The number of carbonyl (C=O) groups is 8. The molecule has 0 aliphatic rings. The zero-order valence-corrected chi connectivity index (χ0v) is 46.5. The van der Waals surface area contributed by atoms with E-state index in [1.807, 2.05) is 83.1 Å². The topological polar surface area (TPSA) is 198 Å². The molecule has 2 amide bonds. The van der Waals surface area contributed by atoms with E-state index in [-0.39, 0.29) is 105 Å². The lowest BCUT2D eigenvalue weighted by Gasteiger charge is -2.18. The summed E-state index contributed by atoms with van der Waals surface area (Å²) in [5.41, 5.74) is -1.52. The molecule has 0 saturated heterocycles. The number of ketones is 6. The summed E-state index contributed by atoms with van der Waals surface area (Å²) in [6.07, 6.45) is 6.38. The Bertz CT molecular complexity index is 1470. The van der Waals surface area contributed by atoms with E-state index in [9.17, 15) is 38.4 Å². The maximum absolute atomic E-state index is 11.8. The molecule has 0 unspecified atom stereocenters. The molecule has 0 bridgehead atoms. The molecule has 0 fully saturated rings. The van der Waals surface area contributed by atoms with Crippen LogP contribution in [0.5, 0.6) is 0 Å². The number of rotatable bonds is 31. The molecule has 14 nitrogen and oxygen atoms in total. The van der Waals surface area contributed by atoms with Crippen molar-refractivity contribution in [2.75, 3.05) is 65.9 Å². The van der Waals surface area contributed by atoms with E-state index in [0.717, 1.165) is 19.4 Å². The molecule has 0 spiro atoms. The Balaban J connectivity index is -0.000000180. The van der Waals surface area contributed by atoms with Gasteiger partial charge in [-0.3, -0.25) is 38.4 Å². The summed E-state index contributed by atoms with van der Waals surface area (Å²) in [5, 5.41) is 5.34. The first kappa shape index (κ1) is 82.8. The van der Waals surface area contributed by atoms with E-state index in [1.165, 1.54) is 0 Å². The zero-order chi connectivity index (χ0) is 53.4. The molecule has 0 aromatic heterocycles. The lowest BCUT2D eigenvalue weighted by molar-refractivity contribution is -0.134. The van der Waals surface area contributed by atoms with Gasteiger partial charge in [0.25, 0.3) is 0 Å². The van der Waals surface area contributed by atoms with E-state index in [4.69, 9.17) is 18.9 Å². The normalized spacial score (nSPS) is 11.5. The molecule has 0 atom stereocenters. The van der Waals surface area contributed by atoms with Gasteiger partial charge in [0.15, 0.2) is 0 Å². The van der Waals surface area contributed by atoms with Crippen LogP contribution < -0.4 is 10.6 Å². The number of Topliss-reactive ketones (excluding diaryl/α,β-unsaturated/α-hetero) is 6. The molecule has 2 N–H and O–H groups in total. The van der Waals surface area contributed by atoms with E-state index in [2.05, 4.69) is 31.4 Å². The first-order valence-electron chi connectivity index (χ1n) is 24.9. The third kappa shape index (κ3) is 53.1. The molecule has 0 aliphatic heterocycles. The van der Waals surface area contributed by atoms with Crippen molar-refractivity contribution in [1.82, 2.24) is 10.6 Å². The van der Waals surface area contributed by atoms with E-state index in [0.29, 0.717) is 116 Å². The molecule has 72 heavy (non-hydrogen) atoms. The van der Waals surface area contributed by atoms with Crippen molar-refractivity contribution >= 4 is 46.5 Å². The number of ether oxygens (including phenoxy) is 4. The quantitative estimate of drug-likeness (QED) is 0.0493. The lowest BCUT2D eigenvalue weighted by atomic mass is 9.85. The first-order valence-corrected chi connectivity index (χ1v) is 24.9. The average molecular weight is 1030 g/mol. The Morgan fingerprint density at radius 3 is 0.875 bits per heavy atom. The highest BCUT2D eigenvalue weighted by Gasteiger charge is 2.26. The highest BCUT2D eigenvalue weighted by molar-refractivity contribution is 6.01. The summed E-state index contributed by atoms with van der Waals surface area (Å²) in [6.45, 7) is 39.4. The fraction of sp³-hybridized carbons (Fsp3) is 0.862. The fourth-order valence-electron chi connectivity index (χ4n) is 5.30. The highest BCUT2D eigenvalue weighted by atomic mass is 16.5. The van der Waals surface area contributed by atoms with Crippen LogP contribution in [0.2, 0.25) is 0 Å². The highest BCUT2D eigenvalue weighted by Crippen LogP contribution is 2.23. The number of hydrogen-bond acceptors (Lipinski definition) is 12. The number of hydrogen-bond donors (Lipinski definition) is 2. The van der Waals surface area contributed by atoms with Crippen LogP contribution in [-0.2, 0) is 57.3 Å². The van der Waals surface area contributed by atoms with Crippen LogP contribution in [0.1, 0.15) is 231 Å². The third-order valence-electron chi connectivity index (χ3n) is 10.3. The van der Waals surface area contributed by atoms with Gasteiger partial charge in [0, 0.05) is 85.5 Å². The van der Waals surface area contributed by atoms with Crippen molar-refractivity contribution in [3.05, 3.63) is 0 Å². The molecule has 430 valence electrons. The van der Waals surface area contributed by atoms with Crippen LogP contribution in [0.3, 0.4) is 0 Å². The first-order chi connectivity index (χ1) is 30.9. The minimum atomic E-state index is -0.513. The summed E-state index contributed by atoms with van der Waals surface area (Å²) >= 11 is 0. The molecule has 0 aromatic carbocycles. The number of amides is 2. The van der Waals surface area contributed by atoms with Gasteiger partial charge in [0.05, 0.1) is 52.5 Å². The number of nitrogens with one attached hydrogen (secondary N) is 2. The standard InChI is InChI=1S/C23H41NO6.C18H35NO4.C13H24O2.4CH4/c1-22(2,3)19(26)11-7-9-18(25)10-8-13-29-15-16-30-14-12-24-21(28)17-20(27)23(4,5)6;1-17(2,3)8-7-10-22-12-13-23-11-9-19-16(21)14-15(20)18(4,5)6;1-12(2,3)10(14)8-7-9-11(15)13(4,5)6;;;;/h7-17H2,1-6H3,(H,24,28);7-14H2,1-6H3,(H,19,21);7-9H2,1-6H3;4*1H4. The SMILES string of the molecule is C.C.C.C.CC(C)(C)C(=O)CCCC(=O)C(C)(C)C.CC(C)(C)C(=O)CCCC(=O)CCCOCCOCCNC(=O)CC(=O)C(C)(C)C.CC(C)(C)CCCOCCOCCNC(=O)CC(=O)C(C)(C)C. The van der Waals surface area contributed by atoms with E-state index >= 15 is 0 Å². The zero-order valence-electron chi connectivity index (χ0n) is 46.5. The van der Waals surface area contributed by atoms with Crippen molar-refractivity contribution in [1.29, 1.82) is 0 Å². The van der Waals surface area contributed by atoms with E-state index in [1.54, 1.807) is 20.8 Å². The third-order valence-corrected chi connectivity index (χ3v) is 10.3. The molecule has 14 heteroatoms. The molecule has 0 saturated carbocycles. The van der Waals surface area contributed by atoms with Gasteiger partial charge in [-0.15, -0.1) is 0 Å². The van der Waals surface area contributed by atoms with Gasteiger partial charge in [-0.25, -0.2) is 0 Å². The smallest absolute Gasteiger partial charge is 0.227 e. The summed E-state index contributed by atoms with van der Waals surface area (Å²) in [6, 6.07) is 0. The average Bonchev–Trinajstić information content (AvgIpc) is 3.17. The summed E-state index contributed by atoms with van der Waals surface area (Å²) in [7, 11) is 0. The Morgan fingerprint density at radius 1 is 0.319 bits per heavy atom. The van der Waals surface area contributed by atoms with Crippen molar-refractivity contribution in [3.63, 3.8) is 0 Å². The fourth-order valence-corrected chi connectivity index (χ4v) is 5.30. The van der Waals surface area contributed by atoms with Crippen LogP contribution in [-0.4, -0.2) is 112 Å². The Hall–Kier alpha value is -3.20. The maximum atomic E-state index is 11.8. The summed E-state index contributed by atoms with van der Waals surface area (Å²) in [5.74, 6) is 0.155. The Labute approximate surface area is 442 Å². The van der Waals surface area contributed by atoms with Gasteiger partial charge in [-0.05, 0) is 37.5 Å².